The average molecular weight is 358 g/mol. The molecule has 1 atom stereocenters. The van der Waals surface area contributed by atoms with Gasteiger partial charge in [-0.05, 0) is 43.3 Å². The second-order valence-corrected chi connectivity index (χ2v) is 5.74. The molecule has 0 saturated carbocycles. The van der Waals surface area contributed by atoms with E-state index in [1.165, 1.54) is 6.21 Å². The van der Waals surface area contributed by atoms with Crippen LogP contribution in [0.25, 0.3) is 0 Å². The number of phenolic OH excluding ortho intramolecular Hbond substituents is 1. The van der Waals surface area contributed by atoms with E-state index in [4.69, 9.17) is 17.0 Å². The molecule has 20 heavy (non-hydrogen) atoms. The van der Waals surface area contributed by atoms with Crippen LogP contribution in [0.3, 0.4) is 0 Å². The number of hydrogen-bond acceptors (Lipinski definition) is 4. The van der Waals surface area contributed by atoms with Crippen molar-refractivity contribution in [3.05, 3.63) is 28.2 Å². The van der Waals surface area contributed by atoms with Gasteiger partial charge in [-0.25, -0.2) is 0 Å². The largest absolute Gasteiger partial charge is 0.507 e. The Labute approximate surface area is 131 Å². The van der Waals surface area contributed by atoms with Crippen LogP contribution in [0, 0.1) is 0 Å². The van der Waals surface area contributed by atoms with Crippen LogP contribution in [-0.2, 0) is 4.74 Å². The molecule has 7 heteroatoms. The van der Waals surface area contributed by atoms with E-state index in [9.17, 15) is 5.11 Å². The minimum Gasteiger partial charge on any atom is -0.507 e. The number of hydrazone groups is 1. The number of rotatable bonds is 4. The lowest BCUT2D eigenvalue weighted by atomic mass is 10.2. The highest BCUT2D eigenvalue weighted by Gasteiger charge is 2.14. The molecule has 108 valence electrons. The maximum atomic E-state index is 9.64. The van der Waals surface area contributed by atoms with Gasteiger partial charge in [-0.15, -0.1) is 0 Å². The number of phenols is 1. The second kappa shape index (κ2) is 7.56. The van der Waals surface area contributed by atoms with Gasteiger partial charge in [0.05, 0.1) is 12.3 Å². The standard InChI is InChI=1S/C13H16BrN3O2S/c14-10-3-4-12(18)9(6-10)7-16-17-13(20)15-8-11-2-1-5-19-11/h3-4,6-7,11,18H,1-2,5,8H2,(H2,15,17,20)/b16-7+/t11-/m0/s1. The Bertz CT molecular complexity index is 504. The third kappa shape index (κ3) is 4.73. The first-order valence-corrected chi connectivity index (χ1v) is 7.52. The lowest BCUT2D eigenvalue weighted by molar-refractivity contribution is 0.114. The number of thiocarbonyl (C=S) groups is 1. The number of nitrogens with one attached hydrogen (secondary N) is 2. The monoisotopic (exact) mass is 357 g/mol. The fourth-order valence-electron chi connectivity index (χ4n) is 1.84. The summed E-state index contributed by atoms with van der Waals surface area (Å²) >= 11 is 8.43. The quantitative estimate of drug-likeness (QED) is 0.437. The summed E-state index contributed by atoms with van der Waals surface area (Å²) in [5, 5.41) is 17.1. The van der Waals surface area contributed by atoms with Crippen molar-refractivity contribution in [3.63, 3.8) is 0 Å². The number of aromatic hydroxyl groups is 1. The van der Waals surface area contributed by atoms with Gasteiger partial charge in [-0.2, -0.15) is 5.10 Å². The van der Waals surface area contributed by atoms with Crippen LogP contribution in [0.15, 0.2) is 27.8 Å². The summed E-state index contributed by atoms with van der Waals surface area (Å²) in [5.74, 6) is 0.164. The van der Waals surface area contributed by atoms with Crippen molar-refractivity contribution in [3.8, 4) is 5.75 Å². The van der Waals surface area contributed by atoms with Crippen molar-refractivity contribution >= 4 is 39.5 Å². The third-order valence-electron chi connectivity index (χ3n) is 2.87. The zero-order valence-corrected chi connectivity index (χ0v) is 13.2. The van der Waals surface area contributed by atoms with E-state index in [0.29, 0.717) is 17.2 Å². The van der Waals surface area contributed by atoms with Crippen LogP contribution in [0.1, 0.15) is 18.4 Å². The van der Waals surface area contributed by atoms with Crippen molar-refractivity contribution in [1.82, 2.24) is 10.7 Å². The molecule has 5 nitrogen and oxygen atoms in total. The molecule has 1 saturated heterocycles. The molecule has 0 unspecified atom stereocenters. The minimum absolute atomic E-state index is 0.164. The maximum Gasteiger partial charge on any atom is 0.187 e. The van der Waals surface area contributed by atoms with Crippen molar-refractivity contribution in [1.29, 1.82) is 0 Å². The fourth-order valence-corrected chi connectivity index (χ4v) is 2.36. The molecule has 0 radical (unpaired) electrons. The SMILES string of the molecule is Oc1ccc(Br)cc1/C=N/NC(=S)NC[C@@H]1CCCO1. The Balaban J connectivity index is 1.77. The third-order valence-corrected chi connectivity index (χ3v) is 3.60. The van der Waals surface area contributed by atoms with Gasteiger partial charge < -0.3 is 15.2 Å². The number of halogens is 1. The van der Waals surface area contributed by atoms with Crippen molar-refractivity contribution in [2.75, 3.05) is 13.2 Å². The Hall–Kier alpha value is -1.18. The van der Waals surface area contributed by atoms with E-state index < -0.39 is 0 Å². The highest BCUT2D eigenvalue weighted by molar-refractivity contribution is 9.10. The summed E-state index contributed by atoms with van der Waals surface area (Å²) in [6.07, 6.45) is 3.91. The molecule has 1 fully saturated rings. The molecule has 2 rings (SSSR count). The zero-order chi connectivity index (χ0) is 14.4. The van der Waals surface area contributed by atoms with Gasteiger partial charge in [0, 0.05) is 23.2 Å². The predicted molar refractivity (Wildman–Crippen MR) is 86.1 cm³/mol. The van der Waals surface area contributed by atoms with Gasteiger partial charge in [0.25, 0.3) is 0 Å². The van der Waals surface area contributed by atoms with Crippen LogP contribution in [0.4, 0.5) is 0 Å². The Morgan fingerprint density at radius 1 is 1.60 bits per heavy atom. The molecule has 0 amide bonds. The number of benzene rings is 1. The van der Waals surface area contributed by atoms with E-state index in [-0.39, 0.29) is 11.9 Å². The second-order valence-electron chi connectivity index (χ2n) is 4.42. The predicted octanol–water partition coefficient (Wildman–Crippen LogP) is 2.13. The van der Waals surface area contributed by atoms with Crippen LogP contribution < -0.4 is 10.7 Å². The lowest BCUT2D eigenvalue weighted by Crippen LogP contribution is -2.37. The van der Waals surface area contributed by atoms with E-state index in [1.807, 2.05) is 0 Å². The number of hydrogen-bond donors (Lipinski definition) is 3. The van der Waals surface area contributed by atoms with Gasteiger partial charge in [-0.3, -0.25) is 5.43 Å². The Morgan fingerprint density at radius 3 is 3.20 bits per heavy atom. The van der Waals surface area contributed by atoms with Gasteiger partial charge >= 0.3 is 0 Å². The van der Waals surface area contributed by atoms with Crippen LogP contribution in [0.2, 0.25) is 0 Å². The summed E-state index contributed by atoms with van der Waals surface area (Å²) in [7, 11) is 0. The topological polar surface area (TPSA) is 65.9 Å². The highest BCUT2D eigenvalue weighted by Crippen LogP contribution is 2.19. The van der Waals surface area contributed by atoms with Crippen molar-refractivity contribution in [2.24, 2.45) is 5.10 Å². The van der Waals surface area contributed by atoms with E-state index in [2.05, 4.69) is 31.8 Å². The first-order valence-electron chi connectivity index (χ1n) is 6.32. The van der Waals surface area contributed by atoms with E-state index in [1.54, 1.807) is 18.2 Å². The molecule has 1 heterocycles. The lowest BCUT2D eigenvalue weighted by Gasteiger charge is -2.11. The molecule has 1 aromatic rings. The number of nitrogens with zero attached hydrogens (tertiary/aromatic N) is 1. The first-order chi connectivity index (χ1) is 9.65. The zero-order valence-electron chi connectivity index (χ0n) is 10.8. The highest BCUT2D eigenvalue weighted by atomic mass is 79.9. The normalized spacial score (nSPS) is 18.4. The summed E-state index contributed by atoms with van der Waals surface area (Å²) < 4.78 is 6.35. The summed E-state index contributed by atoms with van der Waals surface area (Å²) in [5.41, 5.74) is 3.31. The molecule has 0 spiro atoms. The fraction of sp³-hybridized carbons (Fsp3) is 0.385. The van der Waals surface area contributed by atoms with Gasteiger partial charge in [0.2, 0.25) is 0 Å². The van der Waals surface area contributed by atoms with Crippen molar-refractivity contribution < 1.29 is 9.84 Å². The smallest absolute Gasteiger partial charge is 0.187 e. The van der Waals surface area contributed by atoms with Gasteiger partial charge in [0.15, 0.2) is 5.11 Å². The molecule has 3 N–H and O–H groups in total. The molecule has 1 aliphatic heterocycles. The van der Waals surface area contributed by atoms with Gasteiger partial charge in [0.1, 0.15) is 5.75 Å². The van der Waals surface area contributed by atoms with Crippen LogP contribution in [-0.4, -0.2) is 35.7 Å². The van der Waals surface area contributed by atoms with E-state index in [0.717, 1.165) is 23.9 Å². The van der Waals surface area contributed by atoms with Gasteiger partial charge in [-0.1, -0.05) is 15.9 Å². The molecule has 1 aliphatic rings. The first kappa shape index (κ1) is 15.2. The van der Waals surface area contributed by atoms with Crippen molar-refractivity contribution in [2.45, 2.75) is 18.9 Å². The summed E-state index contributed by atoms with van der Waals surface area (Å²) in [6, 6.07) is 5.12. The molecule has 0 bridgehead atoms. The Morgan fingerprint density at radius 2 is 2.45 bits per heavy atom. The minimum atomic E-state index is 0.164. The molecule has 0 aliphatic carbocycles. The van der Waals surface area contributed by atoms with Crippen LogP contribution in [0.5, 0.6) is 5.75 Å². The Kier molecular flexibility index (Phi) is 5.75. The molecule has 0 aromatic heterocycles. The summed E-state index contributed by atoms with van der Waals surface area (Å²) in [6.45, 7) is 1.51. The van der Waals surface area contributed by atoms with E-state index >= 15 is 0 Å². The number of ether oxygens (including phenoxy) is 1. The molecular formula is C13H16BrN3O2S. The average Bonchev–Trinajstić information content (AvgIpc) is 2.93. The molecular weight excluding hydrogens is 342 g/mol. The molecule has 1 aromatic carbocycles. The maximum absolute atomic E-state index is 9.64. The van der Waals surface area contributed by atoms with Crippen LogP contribution >= 0.6 is 28.1 Å². The summed E-state index contributed by atoms with van der Waals surface area (Å²) in [4.78, 5) is 0.